The van der Waals surface area contributed by atoms with Gasteiger partial charge in [-0.25, -0.2) is 32.2 Å². The third kappa shape index (κ3) is 4.07. The summed E-state index contributed by atoms with van der Waals surface area (Å²) in [5.41, 5.74) is 9.49. The number of benzene rings is 2. The molecule has 0 aliphatic carbocycles. The lowest BCUT2D eigenvalue weighted by molar-refractivity contribution is -0.117. The quantitative estimate of drug-likeness (QED) is 0.620. The number of halogens is 4. The molecular formula is C20H14F4N4O2. The van der Waals surface area contributed by atoms with E-state index in [1.807, 2.05) is 0 Å². The molecule has 0 saturated heterocycles. The van der Waals surface area contributed by atoms with Gasteiger partial charge >= 0.3 is 6.03 Å². The number of nitrogens with two attached hydrogens (primary N) is 2. The van der Waals surface area contributed by atoms with Crippen LogP contribution in [-0.4, -0.2) is 16.9 Å². The number of amides is 3. The van der Waals surface area contributed by atoms with Crippen LogP contribution in [0.5, 0.6) is 0 Å². The molecule has 0 aliphatic heterocycles. The van der Waals surface area contributed by atoms with Gasteiger partial charge in [-0.3, -0.25) is 4.79 Å². The second-order valence-corrected chi connectivity index (χ2v) is 6.19. The van der Waals surface area contributed by atoms with Gasteiger partial charge in [0.05, 0.1) is 12.1 Å². The summed E-state index contributed by atoms with van der Waals surface area (Å²) < 4.78 is 56.2. The number of primary amides is 2. The van der Waals surface area contributed by atoms with Gasteiger partial charge in [0.15, 0.2) is 0 Å². The van der Waals surface area contributed by atoms with E-state index in [9.17, 15) is 27.2 Å². The average molecular weight is 418 g/mol. The predicted octanol–water partition coefficient (Wildman–Crippen LogP) is 3.55. The Morgan fingerprint density at radius 1 is 0.900 bits per heavy atom. The first-order valence-electron chi connectivity index (χ1n) is 8.46. The van der Waals surface area contributed by atoms with Gasteiger partial charge in [0.25, 0.3) is 0 Å². The van der Waals surface area contributed by atoms with E-state index >= 15 is 0 Å². The molecule has 30 heavy (non-hydrogen) atoms. The second kappa shape index (κ2) is 8.19. The minimum Gasteiger partial charge on any atom is -0.369 e. The fraction of sp³-hybridized carbons (Fsp3) is 0.0500. The van der Waals surface area contributed by atoms with E-state index in [1.165, 1.54) is 12.1 Å². The molecule has 0 aliphatic rings. The lowest BCUT2D eigenvalue weighted by Gasteiger charge is -2.22. The molecule has 10 heteroatoms. The molecule has 0 atom stereocenters. The van der Waals surface area contributed by atoms with Gasteiger partial charge in [-0.05, 0) is 35.9 Å². The summed E-state index contributed by atoms with van der Waals surface area (Å²) in [5.74, 6) is -5.15. The standard InChI is InChI=1S/C20H14F4N4O2/c21-11-5-6-12(15(24)9-11)18-10(8-16(25)29)4-7-17(27-18)28(20(26)30)19-13(22)2-1-3-14(19)23/h1-7,9H,8H2,(H2,25,29)(H2,26,30). The van der Waals surface area contributed by atoms with Gasteiger partial charge < -0.3 is 11.5 Å². The van der Waals surface area contributed by atoms with Crippen LogP contribution in [0.15, 0.2) is 48.5 Å². The highest BCUT2D eigenvalue weighted by Gasteiger charge is 2.25. The number of carbonyl (C=O) groups is 2. The van der Waals surface area contributed by atoms with Crippen molar-refractivity contribution in [2.75, 3.05) is 4.90 Å². The van der Waals surface area contributed by atoms with Crippen LogP contribution in [0, 0.1) is 23.3 Å². The first-order chi connectivity index (χ1) is 14.2. The third-order valence-electron chi connectivity index (χ3n) is 4.13. The van der Waals surface area contributed by atoms with Crippen LogP contribution in [0.2, 0.25) is 0 Å². The van der Waals surface area contributed by atoms with Gasteiger partial charge in [0, 0.05) is 11.6 Å². The number of nitrogens with zero attached hydrogens (tertiary/aromatic N) is 2. The molecule has 0 fully saturated rings. The normalized spacial score (nSPS) is 10.7. The van der Waals surface area contributed by atoms with E-state index in [0.29, 0.717) is 11.0 Å². The van der Waals surface area contributed by atoms with Crippen LogP contribution in [-0.2, 0) is 11.2 Å². The highest BCUT2D eigenvalue weighted by Crippen LogP contribution is 2.33. The number of aromatic nitrogens is 1. The Bertz CT molecular complexity index is 1130. The van der Waals surface area contributed by atoms with Crippen molar-refractivity contribution < 1.29 is 27.2 Å². The van der Waals surface area contributed by atoms with E-state index in [1.54, 1.807) is 0 Å². The molecule has 3 rings (SSSR count). The minimum absolute atomic E-state index is 0.148. The molecule has 1 heterocycles. The summed E-state index contributed by atoms with van der Waals surface area (Å²) in [7, 11) is 0. The molecule has 1 aromatic heterocycles. The lowest BCUT2D eigenvalue weighted by atomic mass is 10.0. The fourth-order valence-electron chi connectivity index (χ4n) is 2.89. The first kappa shape index (κ1) is 20.8. The zero-order valence-electron chi connectivity index (χ0n) is 15.2. The third-order valence-corrected chi connectivity index (χ3v) is 4.13. The number of pyridine rings is 1. The number of carbonyl (C=O) groups excluding carboxylic acids is 2. The van der Waals surface area contributed by atoms with Crippen molar-refractivity contribution in [3.05, 3.63) is 77.4 Å². The molecule has 3 amide bonds. The Hall–Kier alpha value is -3.95. The van der Waals surface area contributed by atoms with Crippen molar-refractivity contribution in [3.63, 3.8) is 0 Å². The maximum absolute atomic E-state index is 14.4. The molecule has 2 aromatic carbocycles. The smallest absolute Gasteiger partial charge is 0.325 e. The fourth-order valence-corrected chi connectivity index (χ4v) is 2.89. The van der Waals surface area contributed by atoms with Gasteiger partial charge in [-0.2, -0.15) is 0 Å². The zero-order chi connectivity index (χ0) is 22.0. The largest absolute Gasteiger partial charge is 0.369 e. The second-order valence-electron chi connectivity index (χ2n) is 6.19. The summed E-state index contributed by atoms with van der Waals surface area (Å²) in [6.45, 7) is 0. The molecular weight excluding hydrogens is 404 g/mol. The Morgan fingerprint density at radius 2 is 1.57 bits per heavy atom. The van der Waals surface area contributed by atoms with E-state index in [-0.39, 0.29) is 29.1 Å². The molecule has 3 aromatic rings. The van der Waals surface area contributed by atoms with E-state index in [2.05, 4.69) is 4.98 Å². The van der Waals surface area contributed by atoms with Gasteiger partial charge in [0.2, 0.25) is 5.91 Å². The van der Waals surface area contributed by atoms with Crippen LogP contribution < -0.4 is 16.4 Å². The molecule has 0 unspecified atom stereocenters. The van der Waals surface area contributed by atoms with Crippen molar-refractivity contribution in [2.24, 2.45) is 11.5 Å². The van der Waals surface area contributed by atoms with Crippen molar-refractivity contribution in [2.45, 2.75) is 6.42 Å². The number of hydrogen-bond acceptors (Lipinski definition) is 3. The first-order valence-corrected chi connectivity index (χ1v) is 8.46. The number of urea groups is 1. The van der Waals surface area contributed by atoms with Gasteiger partial charge in [-0.15, -0.1) is 0 Å². The van der Waals surface area contributed by atoms with E-state index < -0.39 is 40.9 Å². The van der Waals surface area contributed by atoms with Crippen LogP contribution >= 0.6 is 0 Å². The SMILES string of the molecule is NC(=O)Cc1ccc(N(C(N)=O)c2c(F)cccc2F)nc1-c1ccc(F)cc1F. The van der Waals surface area contributed by atoms with Gasteiger partial charge in [-0.1, -0.05) is 12.1 Å². The Labute approximate surface area is 167 Å². The van der Waals surface area contributed by atoms with Crippen LogP contribution in [0.1, 0.15) is 5.56 Å². The van der Waals surface area contributed by atoms with Crippen molar-refractivity contribution in [3.8, 4) is 11.3 Å². The molecule has 154 valence electrons. The molecule has 6 nitrogen and oxygen atoms in total. The minimum atomic E-state index is -1.26. The van der Waals surface area contributed by atoms with Gasteiger partial charge in [0.1, 0.15) is 34.8 Å². The van der Waals surface area contributed by atoms with Crippen LogP contribution in [0.3, 0.4) is 0 Å². The monoisotopic (exact) mass is 418 g/mol. The zero-order valence-corrected chi connectivity index (χ0v) is 15.2. The summed E-state index contributed by atoms with van der Waals surface area (Å²) in [4.78, 5) is 27.9. The highest BCUT2D eigenvalue weighted by molar-refractivity contribution is 5.98. The summed E-state index contributed by atoms with van der Waals surface area (Å²) in [5, 5.41) is 0. The molecule has 0 radical (unpaired) electrons. The summed E-state index contributed by atoms with van der Waals surface area (Å²) in [6.07, 6.45) is -0.357. The van der Waals surface area contributed by atoms with E-state index in [4.69, 9.17) is 11.5 Å². The number of hydrogen-bond donors (Lipinski definition) is 2. The highest BCUT2D eigenvalue weighted by atomic mass is 19.1. The Morgan fingerprint density at radius 3 is 2.13 bits per heavy atom. The summed E-state index contributed by atoms with van der Waals surface area (Å²) in [6, 6.07) is 6.73. The topological polar surface area (TPSA) is 102 Å². The molecule has 0 bridgehead atoms. The predicted molar refractivity (Wildman–Crippen MR) is 101 cm³/mol. The van der Waals surface area contributed by atoms with Crippen LogP contribution in [0.4, 0.5) is 33.9 Å². The molecule has 0 spiro atoms. The van der Waals surface area contributed by atoms with E-state index in [0.717, 1.165) is 30.3 Å². The van der Waals surface area contributed by atoms with Crippen molar-refractivity contribution in [1.29, 1.82) is 0 Å². The number of anilines is 2. The Kier molecular flexibility index (Phi) is 5.67. The molecule has 4 N–H and O–H groups in total. The Balaban J connectivity index is 2.25. The number of rotatable bonds is 5. The molecule has 0 saturated carbocycles. The van der Waals surface area contributed by atoms with Crippen molar-refractivity contribution >= 4 is 23.4 Å². The summed E-state index contributed by atoms with van der Waals surface area (Å²) >= 11 is 0. The maximum atomic E-state index is 14.4. The average Bonchev–Trinajstić information content (AvgIpc) is 2.65. The number of para-hydroxylation sites is 1. The lowest BCUT2D eigenvalue weighted by Crippen LogP contribution is -2.33. The maximum Gasteiger partial charge on any atom is 0.325 e. The van der Waals surface area contributed by atoms with Crippen molar-refractivity contribution in [1.82, 2.24) is 4.98 Å². The van der Waals surface area contributed by atoms with Crippen LogP contribution in [0.25, 0.3) is 11.3 Å².